The number of benzene rings is 2. The van der Waals surface area contributed by atoms with Crippen LogP contribution in [0.25, 0.3) is 10.6 Å². The molecule has 1 aromatic heterocycles. The fourth-order valence-electron chi connectivity index (χ4n) is 2.41. The van der Waals surface area contributed by atoms with E-state index in [1.807, 2.05) is 12.1 Å². The number of nitrogens with zero attached hydrogens (tertiary/aromatic N) is 2. The van der Waals surface area contributed by atoms with Crippen molar-refractivity contribution in [2.45, 2.75) is 12.6 Å². The molecule has 3 rings (SSSR count). The number of Topliss-reactive ketones (excluding diaryl/α,β-unsaturated/α-hetero) is 1. The molecule has 0 unspecified atom stereocenters. The zero-order valence-corrected chi connectivity index (χ0v) is 17.5. The summed E-state index contributed by atoms with van der Waals surface area (Å²) in [7, 11) is 0. The third-order valence-electron chi connectivity index (χ3n) is 3.90. The summed E-state index contributed by atoms with van der Waals surface area (Å²) in [5.74, 6) is -0.0791. The Kier molecular flexibility index (Phi) is 7.64. The Bertz CT molecular complexity index is 1050. The van der Waals surface area contributed by atoms with Gasteiger partial charge in [0.25, 0.3) is 0 Å². The van der Waals surface area contributed by atoms with E-state index in [4.69, 9.17) is 21.2 Å². The SMILES string of the molecule is O=C(C/C=N/OCCOc1cccc(C(F)(F)F)c1)c1cnc(-c2ccc(Cl)cc2)s1. The molecule has 0 aliphatic carbocycles. The monoisotopic (exact) mass is 468 g/mol. The van der Waals surface area contributed by atoms with Crippen molar-refractivity contribution in [3.05, 3.63) is 70.2 Å². The summed E-state index contributed by atoms with van der Waals surface area (Å²) in [6, 6.07) is 11.7. The van der Waals surface area contributed by atoms with E-state index >= 15 is 0 Å². The number of hydrogen-bond acceptors (Lipinski definition) is 6. The van der Waals surface area contributed by atoms with Crippen LogP contribution >= 0.6 is 22.9 Å². The third kappa shape index (κ3) is 6.80. The highest BCUT2D eigenvalue weighted by Gasteiger charge is 2.30. The number of halogens is 4. The lowest BCUT2D eigenvalue weighted by atomic mass is 10.2. The maximum atomic E-state index is 12.7. The number of ketones is 1. The zero-order valence-electron chi connectivity index (χ0n) is 15.9. The van der Waals surface area contributed by atoms with Gasteiger partial charge < -0.3 is 9.57 Å². The molecule has 0 aliphatic rings. The van der Waals surface area contributed by atoms with Gasteiger partial charge in [0.1, 0.15) is 17.4 Å². The number of carbonyl (C=O) groups is 1. The Hall–Kier alpha value is -2.91. The molecular weight excluding hydrogens is 453 g/mol. The molecule has 1 heterocycles. The molecule has 162 valence electrons. The maximum absolute atomic E-state index is 12.7. The summed E-state index contributed by atoms with van der Waals surface area (Å²) >= 11 is 7.13. The van der Waals surface area contributed by atoms with Gasteiger partial charge in [0, 0.05) is 16.8 Å². The molecule has 0 saturated carbocycles. The molecule has 3 aromatic rings. The van der Waals surface area contributed by atoms with E-state index in [9.17, 15) is 18.0 Å². The van der Waals surface area contributed by atoms with Gasteiger partial charge in [-0.2, -0.15) is 13.2 Å². The van der Waals surface area contributed by atoms with Gasteiger partial charge in [-0.15, -0.1) is 11.3 Å². The lowest BCUT2D eigenvalue weighted by Crippen LogP contribution is -2.07. The number of rotatable bonds is 9. The van der Waals surface area contributed by atoms with Crippen LogP contribution in [-0.2, 0) is 11.0 Å². The smallest absolute Gasteiger partial charge is 0.416 e. The van der Waals surface area contributed by atoms with E-state index in [1.54, 1.807) is 12.1 Å². The van der Waals surface area contributed by atoms with Crippen LogP contribution in [0.15, 0.2) is 59.9 Å². The second kappa shape index (κ2) is 10.4. The van der Waals surface area contributed by atoms with E-state index in [1.165, 1.54) is 35.9 Å². The number of ether oxygens (including phenoxy) is 1. The van der Waals surface area contributed by atoms with Gasteiger partial charge >= 0.3 is 6.18 Å². The summed E-state index contributed by atoms with van der Waals surface area (Å²) in [5, 5.41) is 4.99. The lowest BCUT2D eigenvalue weighted by Gasteiger charge is -2.09. The minimum atomic E-state index is -4.43. The van der Waals surface area contributed by atoms with Crippen LogP contribution in [0.3, 0.4) is 0 Å². The van der Waals surface area contributed by atoms with E-state index in [2.05, 4.69) is 10.1 Å². The largest absolute Gasteiger partial charge is 0.490 e. The first-order valence-electron chi connectivity index (χ1n) is 9.02. The van der Waals surface area contributed by atoms with E-state index in [0.29, 0.717) is 14.9 Å². The van der Waals surface area contributed by atoms with Crippen molar-refractivity contribution < 1.29 is 27.5 Å². The average molecular weight is 469 g/mol. The molecule has 0 radical (unpaired) electrons. The molecule has 0 fully saturated rings. The van der Waals surface area contributed by atoms with Gasteiger partial charge in [-0.25, -0.2) is 4.98 Å². The quantitative estimate of drug-likeness (QED) is 0.164. The molecule has 5 nitrogen and oxygen atoms in total. The molecule has 2 aromatic carbocycles. The van der Waals surface area contributed by atoms with Crippen molar-refractivity contribution in [1.29, 1.82) is 0 Å². The molecule has 0 aliphatic heterocycles. The summed E-state index contributed by atoms with van der Waals surface area (Å²) in [6.45, 7) is 0.0219. The number of thiazole rings is 1. The highest BCUT2D eigenvalue weighted by Crippen LogP contribution is 2.31. The zero-order chi connectivity index (χ0) is 22.3. The first kappa shape index (κ1) is 22.8. The molecule has 31 heavy (non-hydrogen) atoms. The summed E-state index contributed by atoms with van der Waals surface area (Å²) in [5.41, 5.74) is 0.0796. The van der Waals surface area contributed by atoms with E-state index in [-0.39, 0.29) is 31.2 Å². The van der Waals surface area contributed by atoms with Crippen molar-refractivity contribution in [2.24, 2.45) is 5.16 Å². The van der Waals surface area contributed by atoms with Crippen LogP contribution in [-0.4, -0.2) is 30.2 Å². The predicted octanol–water partition coefficient (Wildman–Crippen LogP) is 6.14. The maximum Gasteiger partial charge on any atom is 0.416 e. The van der Waals surface area contributed by atoms with Crippen LogP contribution in [0.5, 0.6) is 5.75 Å². The molecular formula is C21H16ClF3N2O3S. The Morgan fingerprint density at radius 2 is 1.94 bits per heavy atom. The van der Waals surface area contributed by atoms with Crippen LogP contribution in [0.4, 0.5) is 13.2 Å². The van der Waals surface area contributed by atoms with Gasteiger partial charge in [0.05, 0.1) is 23.1 Å². The lowest BCUT2D eigenvalue weighted by molar-refractivity contribution is -0.137. The molecule has 10 heteroatoms. The second-order valence-corrected chi connectivity index (χ2v) is 7.63. The number of alkyl halides is 3. The second-order valence-electron chi connectivity index (χ2n) is 6.16. The first-order chi connectivity index (χ1) is 14.8. The number of carbonyl (C=O) groups excluding carboxylic acids is 1. The van der Waals surface area contributed by atoms with Gasteiger partial charge in [-0.05, 0) is 30.3 Å². The van der Waals surface area contributed by atoms with E-state index in [0.717, 1.165) is 17.7 Å². The van der Waals surface area contributed by atoms with Crippen molar-refractivity contribution in [2.75, 3.05) is 13.2 Å². The molecule has 0 saturated heterocycles. The van der Waals surface area contributed by atoms with Crippen molar-refractivity contribution >= 4 is 34.9 Å². The number of aromatic nitrogens is 1. The third-order valence-corrected chi connectivity index (χ3v) is 5.24. The fourth-order valence-corrected chi connectivity index (χ4v) is 3.41. The summed E-state index contributed by atoms with van der Waals surface area (Å²) < 4.78 is 43.2. The van der Waals surface area contributed by atoms with Crippen molar-refractivity contribution in [3.8, 4) is 16.3 Å². The minimum Gasteiger partial charge on any atom is -0.490 e. The van der Waals surface area contributed by atoms with Crippen LogP contribution in [0, 0.1) is 0 Å². The van der Waals surface area contributed by atoms with E-state index < -0.39 is 11.7 Å². The standard InChI is InChI=1S/C21H16ClF3N2O3S/c22-16-6-4-14(5-7-16)20-26-13-19(31-20)18(28)8-9-27-30-11-10-29-17-3-1-2-15(12-17)21(23,24)25/h1-7,9,12-13H,8,10-11H2/b27-9+. The van der Waals surface area contributed by atoms with Crippen molar-refractivity contribution in [1.82, 2.24) is 4.98 Å². The number of oxime groups is 1. The molecule has 0 amide bonds. The average Bonchev–Trinajstić information content (AvgIpc) is 3.23. The normalized spacial score (nSPS) is 11.6. The molecule has 0 bridgehead atoms. The topological polar surface area (TPSA) is 60.8 Å². The fraction of sp³-hybridized carbons (Fsp3) is 0.190. The highest BCUT2D eigenvalue weighted by molar-refractivity contribution is 7.17. The van der Waals surface area contributed by atoms with Crippen LogP contribution < -0.4 is 4.74 Å². The highest BCUT2D eigenvalue weighted by atomic mass is 35.5. The molecule has 0 atom stereocenters. The Labute approximate surface area is 185 Å². The number of hydrogen-bond donors (Lipinski definition) is 0. The van der Waals surface area contributed by atoms with Crippen LogP contribution in [0.1, 0.15) is 21.7 Å². The van der Waals surface area contributed by atoms with Gasteiger partial charge in [0.15, 0.2) is 12.4 Å². The summed E-state index contributed by atoms with van der Waals surface area (Å²) in [4.78, 5) is 21.9. The minimum absolute atomic E-state index is 0.00585. The Morgan fingerprint density at radius 1 is 1.16 bits per heavy atom. The van der Waals surface area contributed by atoms with Crippen LogP contribution in [0.2, 0.25) is 5.02 Å². The van der Waals surface area contributed by atoms with Gasteiger partial charge in [-0.1, -0.05) is 35.0 Å². The van der Waals surface area contributed by atoms with Crippen molar-refractivity contribution in [3.63, 3.8) is 0 Å². The van der Waals surface area contributed by atoms with Gasteiger partial charge in [-0.3, -0.25) is 4.79 Å². The Balaban J connectivity index is 1.40. The Morgan fingerprint density at radius 3 is 2.68 bits per heavy atom. The first-order valence-corrected chi connectivity index (χ1v) is 10.2. The molecule has 0 spiro atoms. The van der Waals surface area contributed by atoms with Gasteiger partial charge in [0.2, 0.25) is 0 Å². The summed E-state index contributed by atoms with van der Waals surface area (Å²) in [6.07, 6.45) is -1.58. The molecule has 0 N–H and O–H groups in total. The predicted molar refractivity (Wildman–Crippen MR) is 113 cm³/mol.